The molecule has 0 unspecified atom stereocenters. The molecule has 0 saturated heterocycles. The molecule has 2 aromatic rings. The van der Waals surface area contributed by atoms with E-state index in [1.54, 1.807) is 0 Å². The summed E-state index contributed by atoms with van der Waals surface area (Å²) in [6, 6.07) is 14.7. The summed E-state index contributed by atoms with van der Waals surface area (Å²) in [6.45, 7) is 9.00. The smallest absolute Gasteiger partial charge is 0.119 e. The molecule has 0 heterocycles. The third-order valence-corrected chi connectivity index (χ3v) is 5.59. The van der Waals surface area contributed by atoms with Crippen LogP contribution in [0.15, 0.2) is 42.5 Å². The Labute approximate surface area is 160 Å². The second-order valence-electron chi connectivity index (χ2n) is 8.00. The van der Waals surface area contributed by atoms with Gasteiger partial charge in [-0.2, -0.15) is 0 Å². The van der Waals surface area contributed by atoms with Crippen molar-refractivity contribution >= 4 is 0 Å². The minimum Gasteiger partial charge on any atom is -0.508 e. The van der Waals surface area contributed by atoms with Gasteiger partial charge in [-0.25, -0.2) is 0 Å². The average Bonchev–Trinajstić information content (AvgIpc) is 2.64. The van der Waals surface area contributed by atoms with Crippen LogP contribution in [-0.4, -0.2) is 5.11 Å². The third kappa shape index (κ3) is 4.90. The molecule has 0 atom stereocenters. The molecule has 0 saturated carbocycles. The summed E-state index contributed by atoms with van der Waals surface area (Å²) in [5, 5.41) is 10.8. The summed E-state index contributed by atoms with van der Waals surface area (Å²) in [5.41, 5.74) is 5.02. The molecule has 0 spiro atoms. The summed E-state index contributed by atoms with van der Waals surface area (Å²) in [6.07, 6.45) is 9.59. The summed E-state index contributed by atoms with van der Waals surface area (Å²) >= 11 is 0. The summed E-state index contributed by atoms with van der Waals surface area (Å²) in [4.78, 5) is 0. The third-order valence-electron chi connectivity index (χ3n) is 5.59. The standard InChI is InChI=1S/C25H36O/c1-5-7-10-14-20-18-19-23(26)24(22(20)17-11-8-6-2)25(3,4)21-15-12-9-13-16-21/h9,12-13,15-16,18-19,26H,5-8,10-11,14,17H2,1-4H3. The lowest BCUT2D eigenvalue weighted by atomic mass is 9.73. The number of unbranched alkanes of at least 4 members (excludes halogenated alkanes) is 4. The zero-order valence-corrected chi connectivity index (χ0v) is 17.1. The van der Waals surface area contributed by atoms with Gasteiger partial charge in [-0.3, -0.25) is 0 Å². The van der Waals surface area contributed by atoms with Crippen molar-refractivity contribution in [3.63, 3.8) is 0 Å². The van der Waals surface area contributed by atoms with Gasteiger partial charge in [0.15, 0.2) is 0 Å². The molecule has 0 aliphatic heterocycles. The van der Waals surface area contributed by atoms with Crippen molar-refractivity contribution in [2.75, 3.05) is 0 Å². The molecule has 0 bridgehead atoms. The first-order valence-electron chi connectivity index (χ1n) is 10.4. The monoisotopic (exact) mass is 352 g/mol. The van der Waals surface area contributed by atoms with Crippen LogP contribution in [0.4, 0.5) is 0 Å². The second-order valence-corrected chi connectivity index (χ2v) is 8.00. The van der Waals surface area contributed by atoms with Gasteiger partial charge in [0, 0.05) is 11.0 Å². The molecule has 26 heavy (non-hydrogen) atoms. The first kappa shape index (κ1) is 20.6. The fourth-order valence-electron chi connectivity index (χ4n) is 4.01. The quantitative estimate of drug-likeness (QED) is 0.449. The van der Waals surface area contributed by atoms with Crippen molar-refractivity contribution in [3.05, 3.63) is 64.7 Å². The molecular formula is C25H36O. The molecule has 0 fully saturated rings. The van der Waals surface area contributed by atoms with Crippen LogP contribution < -0.4 is 0 Å². The van der Waals surface area contributed by atoms with Crippen LogP contribution in [0, 0.1) is 0 Å². The number of benzene rings is 2. The van der Waals surface area contributed by atoms with Crippen molar-refractivity contribution in [1.82, 2.24) is 0 Å². The van der Waals surface area contributed by atoms with Crippen molar-refractivity contribution in [2.24, 2.45) is 0 Å². The highest BCUT2D eigenvalue weighted by Crippen LogP contribution is 2.41. The lowest BCUT2D eigenvalue weighted by molar-refractivity contribution is 0.449. The molecule has 1 heteroatoms. The number of hydrogen-bond donors (Lipinski definition) is 1. The Hall–Kier alpha value is -1.76. The van der Waals surface area contributed by atoms with Crippen LogP contribution in [-0.2, 0) is 18.3 Å². The van der Waals surface area contributed by atoms with E-state index in [1.807, 2.05) is 6.07 Å². The van der Waals surface area contributed by atoms with E-state index in [-0.39, 0.29) is 5.41 Å². The molecular weight excluding hydrogens is 316 g/mol. The maximum atomic E-state index is 10.8. The van der Waals surface area contributed by atoms with E-state index < -0.39 is 0 Å². The van der Waals surface area contributed by atoms with Gasteiger partial charge < -0.3 is 5.11 Å². The van der Waals surface area contributed by atoms with Gasteiger partial charge in [0.2, 0.25) is 0 Å². The van der Waals surface area contributed by atoms with Crippen LogP contribution in [0.3, 0.4) is 0 Å². The number of aromatic hydroxyl groups is 1. The Morgan fingerprint density at radius 3 is 2.00 bits per heavy atom. The minimum absolute atomic E-state index is 0.201. The predicted octanol–water partition coefficient (Wildman–Crippen LogP) is 7.18. The molecule has 142 valence electrons. The lowest BCUT2D eigenvalue weighted by Crippen LogP contribution is -2.22. The SMILES string of the molecule is CCCCCc1ccc(O)c(C(C)(C)c2ccccc2)c1CCCCC. The number of aryl methyl sites for hydroxylation is 1. The number of hydrogen-bond acceptors (Lipinski definition) is 1. The van der Waals surface area contributed by atoms with Gasteiger partial charge in [0.25, 0.3) is 0 Å². The van der Waals surface area contributed by atoms with Gasteiger partial charge in [0.05, 0.1) is 0 Å². The van der Waals surface area contributed by atoms with E-state index in [0.29, 0.717) is 5.75 Å². The van der Waals surface area contributed by atoms with Crippen LogP contribution in [0.25, 0.3) is 0 Å². The zero-order chi connectivity index (χ0) is 19.0. The Morgan fingerprint density at radius 2 is 1.38 bits per heavy atom. The average molecular weight is 353 g/mol. The summed E-state index contributed by atoms with van der Waals surface area (Å²) in [7, 11) is 0. The van der Waals surface area contributed by atoms with Crippen LogP contribution in [0.5, 0.6) is 5.75 Å². The van der Waals surface area contributed by atoms with Crippen LogP contribution in [0.1, 0.15) is 88.5 Å². The number of rotatable bonds is 10. The molecule has 0 amide bonds. The van der Waals surface area contributed by atoms with Gasteiger partial charge in [-0.05, 0) is 48.4 Å². The highest BCUT2D eigenvalue weighted by molar-refractivity contribution is 5.53. The van der Waals surface area contributed by atoms with E-state index in [1.165, 1.54) is 55.2 Å². The highest BCUT2D eigenvalue weighted by atomic mass is 16.3. The van der Waals surface area contributed by atoms with Gasteiger partial charge in [-0.1, -0.05) is 89.8 Å². The molecule has 0 aromatic heterocycles. The Kier molecular flexibility index (Phi) is 7.75. The first-order chi connectivity index (χ1) is 12.5. The maximum absolute atomic E-state index is 10.8. The first-order valence-corrected chi connectivity index (χ1v) is 10.4. The van der Waals surface area contributed by atoms with Crippen LogP contribution in [0.2, 0.25) is 0 Å². The fraction of sp³-hybridized carbons (Fsp3) is 0.520. The molecule has 1 N–H and O–H groups in total. The Morgan fingerprint density at radius 1 is 0.769 bits per heavy atom. The van der Waals surface area contributed by atoms with Crippen molar-refractivity contribution in [2.45, 2.75) is 84.5 Å². The normalized spacial score (nSPS) is 11.7. The summed E-state index contributed by atoms with van der Waals surface area (Å²) in [5.74, 6) is 0.449. The van der Waals surface area contributed by atoms with Gasteiger partial charge >= 0.3 is 0 Å². The van der Waals surface area contributed by atoms with Crippen molar-refractivity contribution in [3.8, 4) is 5.75 Å². The molecule has 0 radical (unpaired) electrons. The molecule has 2 aromatic carbocycles. The predicted molar refractivity (Wildman–Crippen MR) is 113 cm³/mol. The maximum Gasteiger partial charge on any atom is 0.119 e. The second kappa shape index (κ2) is 9.80. The molecule has 0 aliphatic carbocycles. The zero-order valence-electron chi connectivity index (χ0n) is 17.1. The molecule has 2 rings (SSSR count). The molecule has 0 aliphatic rings. The van der Waals surface area contributed by atoms with Crippen LogP contribution >= 0.6 is 0 Å². The van der Waals surface area contributed by atoms with Crippen molar-refractivity contribution < 1.29 is 5.11 Å². The topological polar surface area (TPSA) is 20.2 Å². The largest absolute Gasteiger partial charge is 0.508 e. The number of phenols is 1. The lowest BCUT2D eigenvalue weighted by Gasteiger charge is -2.31. The van der Waals surface area contributed by atoms with E-state index in [2.05, 4.69) is 64.1 Å². The Bertz CT molecular complexity index is 670. The van der Waals surface area contributed by atoms with Crippen molar-refractivity contribution in [1.29, 1.82) is 0 Å². The van der Waals surface area contributed by atoms with E-state index in [4.69, 9.17) is 0 Å². The Balaban J connectivity index is 2.49. The van der Waals surface area contributed by atoms with E-state index >= 15 is 0 Å². The highest BCUT2D eigenvalue weighted by Gasteiger charge is 2.29. The van der Waals surface area contributed by atoms with Gasteiger partial charge in [-0.15, -0.1) is 0 Å². The fourth-order valence-corrected chi connectivity index (χ4v) is 4.01. The number of phenolic OH excluding ortho intramolecular Hbond substituents is 1. The minimum atomic E-state index is -0.201. The van der Waals surface area contributed by atoms with E-state index in [9.17, 15) is 5.11 Å². The van der Waals surface area contributed by atoms with Gasteiger partial charge in [0.1, 0.15) is 5.75 Å². The molecule has 1 nitrogen and oxygen atoms in total. The summed E-state index contributed by atoms with van der Waals surface area (Å²) < 4.78 is 0. The van der Waals surface area contributed by atoms with E-state index in [0.717, 1.165) is 18.4 Å².